The molecule has 1 amide bonds. The van der Waals surface area contributed by atoms with Gasteiger partial charge in [0, 0.05) is 17.3 Å². The molecule has 0 fully saturated rings. The molecule has 6 nitrogen and oxygen atoms in total. The smallest absolute Gasteiger partial charge is 0.252 e. The third-order valence-corrected chi connectivity index (χ3v) is 5.30. The molecule has 0 saturated heterocycles. The number of benzene rings is 1. The van der Waals surface area contributed by atoms with Gasteiger partial charge in [0.25, 0.3) is 5.91 Å². The number of carbonyl (C=O) groups excluding carboxylic acids is 1. The highest BCUT2D eigenvalue weighted by Crippen LogP contribution is 2.22. The summed E-state index contributed by atoms with van der Waals surface area (Å²) in [5.41, 5.74) is 3.04. The Bertz CT molecular complexity index is 1140. The standard InChI is InChI=1S/C21H21N5OS/c1-14-13-16(15-7-3-4-8-17(15)22-14)21(27)23-18(10-12-28-2)20-25-24-19-9-5-6-11-26(19)20/h3-9,11,13,18H,10,12H2,1-2H3,(H,23,27)/t18-/m0/s1. The number of para-hydroxylation sites is 1. The summed E-state index contributed by atoms with van der Waals surface area (Å²) in [4.78, 5) is 17.7. The Hall–Kier alpha value is -2.93. The van der Waals surface area contributed by atoms with E-state index in [4.69, 9.17) is 0 Å². The van der Waals surface area contributed by atoms with Crippen LogP contribution in [-0.2, 0) is 0 Å². The van der Waals surface area contributed by atoms with E-state index in [1.165, 1.54) is 0 Å². The lowest BCUT2D eigenvalue weighted by molar-refractivity contribution is 0.0935. The Balaban J connectivity index is 1.71. The number of hydrogen-bond acceptors (Lipinski definition) is 5. The molecule has 4 rings (SSSR count). The van der Waals surface area contributed by atoms with E-state index < -0.39 is 0 Å². The predicted octanol–water partition coefficient (Wildman–Crippen LogP) is 3.81. The number of fused-ring (bicyclic) bond motifs is 2. The SMILES string of the molecule is CSCC[C@H](NC(=O)c1cc(C)nc2ccccc12)c1nnc2ccccn12. The molecular weight excluding hydrogens is 370 g/mol. The van der Waals surface area contributed by atoms with Crippen LogP contribution in [0.1, 0.15) is 34.3 Å². The van der Waals surface area contributed by atoms with Crippen molar-refractivity contribution in [2.45, 2.75) is 19.4 Å². The number of aromatic nitrogens is 4. The van der Waals surface area contributed by atoms with Crippen molar-refractivity contribution in [3.05, 3.63) is 71.8 Å². The molecule has 7 heteroatoms. The number of aryl methyl sites for hydroxylation is 1. The van der Waals surface area contributed by atoms with Gasteiger partial charge >= 0.3 is 0 Å². The third-order valence-electron chi connectivity index (χ3n) is 4.66. The molecule has 4 aromatic rings. The maximum atomic E-state index is 13.2. The summed E-state index contributed by atoms with van der Waals surface area (Å²) in [6.45, 7) is 1.90. The number of nitrogens with zero attached hydrogens (tertiary/aromatic N) is 4. The fourth-order valence-corrected chi connectivity index (χ4v) is 3.80. The van der Waals surface area contributed by atoms with Crippen molar-refractivity contribution in [1.82, 2.24) is 24.9 Å². The summed E-state index contributed by atoms with van der Waals surface area (Å²) in [5, 5.41) is 12.6. The number of rotatable bonds is 6. The molecule has 0 radical (unpaired) electrons. The van der Waals surface area contributed by atoms with Crippen molar-refractivity contribution >= 4 is 34.2 Å². The highest BCUT2D eigenvalue weighted by atomic mass is 32.2. The van der Waals surface area contributed by atoms with Crippen molar-refractivity contribution in [3.63, 3.8) is 0 Å². The number of hydrogen-bond donors (Lipinski definition) is 1. The van der Waals surface area contributed by atoms with Crippen LogP contribution in [-0.4, -0.2) is 37.5 Å². The quantitative estimate of drug-likeness (QED) is 0.541. The topological polar surface area (TPSA) is 72.2 Å². The number of pyridine rings is 2. The minimum absolute atomic E-state index is 0.125. The average Bonchev–Trinajstić information content (AvgIpc) is 3.14. The van der Waals surface area contributed by atoms with Crippen molar-refractivity contribution in [2.75, 3.05) is 12.0 Å². The first-order chi connectivity index (χ1) is 13.7. The largest absolute Gasteiger partial charge is 0.342 e. The van der Waals surface area contributed by atoms with Gasteiger partial charge in [0.1, 0.15) is 0 Å². The first-order valence-corrected chi connectivity index (χ1v) is 10.5. The van der Waals surface area contributed by atoms with E-state index in [-0.39, 0.29) is 11.9 Å². The van der Waals surface area contributed by atoms with Crippen LogP contribution >= 0.6 is 11.8 Å². The molecule has 0 spiro atoms. The van der Waals surface area contributed by atoms with Gasteiger partial charge in [-0.2, -0.15) is 11.8 Å². The lowest BCUT2D eigenvalue weighted by Crippen LogP contribution is -2.30. The Morgan fingerprint density at radius 2 is 2.00 bits per heavy atom. The Morgan fingerprint density at radius 3 is 2.86 bits per heavy atom. The zero-order valence-corrected chi connectivity index (χ0v) is 16.6. The maximum absolute atomic E-state index is 13.2. The van der Waals surface area contributed by atoms with E-state index in [0.717, 1.165) is 40.2 Å². The van der Waals surface area contributed by atoms with Gasteiger partial charge in [-0.15, -0.1) is 10.2 Å². The Labute approximate surface area is 167 Å². The number of thioether (sulfide) groups is 1. The maximum Gasteiger partial charge on any atom is 0.252 e. The van der Waals surface area contributed by atoms with Crippen LogP contribution in [0.25, 0.3) is 16.6 Å². The number of nitrogens with one attached hydrogen (secondary N) is 1. The predicted molar refractivity (Wildman–Crippen MR) is 113 cm³/mol. The molecule has 142 valence electrons. The van der Waals surface area contributed by atoms with Crippen molar-refractivity contribution < 1.29 is 4.79 Å². The van der Waals surface area contributed by atoms with Crippen molar-refractivity contribution in [2.24, 2.45) is 0 Å². The fourth-order valence-electron chi connectivity index (χ4n) is 3.33. The highest BCUT2D eigenvalue weighted by molar-refractivity contribution is 7.98. The number of amides is 1. The highest BCUT2D eigenvalue weighted by Gasteiger charge is 2.22. The van der Waals surface area contributed by atoms with Crippen LogP contribution in [0.5, 0.6) is 0 Å². The van der Waals surface area contributed by atoms with Crippen LogP contribution in [0.2, 0.25) is 0 Å². The molecule has 0 bridgehead atoms. The van der Waals surface area contributed by atoms with E-state index in [2.05, 4.69) is 26.8 Å². The zero-order chi connectivity index (χ0) is 19.5. The summed E-state index contributed by atoms with van der Waals surface area (Å²) < 4.78 is 1.93. The lowest BCUT2D eigenvalue weighted by atomic mass is 10.1. The van der Waals surface area contributed by atoms with Gasteiger partial charge in [0.05, 0.1) is 17.1 Å². The van der Waals surface area contributed by atoms with Crippen LogP contribution in [0.15, 0.2) is 54.7 Å². The number of carbonyl (C=O) groups is 1. The van der Waals surface area contributed by atoms with Gasteiger partial charge in [0.15, 0.2) is 11.5 Å². The van der Waals surface area contributed by atoms with Gasteiger partial charge in [-0.3, -0.25) is 14.2 Å². The fraction of sp³-hybridized carbons (Fsp3) is 0.238. The van der Waals surface area contributed by atoms with Crippen molar-refractivity contribution in [1.29, 1.82) is 0 Å². The molecule has 1 aromatic carbocycles. The van der Waals surface area contributed by atoms with Gasteiger partial charge in [-0.05, 0) is 49.6 Å². The normalized spacial score (nSPS) is 12.4. The third kappa shape index (κ3) is 3.57. The molecule has 0 saturated carbocycles. The first kappa shape index (κ1) is 18.4. The molecule has 1 atom stereocenters. The molecule has 28 heavy (non-hydrogen) atoms. The average molecular weight is 392 g/mol. The van der Waals surface area contributed by atoms with E-state index >= 15 is 0 Å². The van der Waals surface area contributed by atoms with E-state index in [9.17, 15) is 4.79 Å². The summed E-state index contributed by atoms with van der Waals surface area (Å²) in [6, 6.07) is 15.1. The minimum Gasteiger partial charge on any atom is -0.342 e. The summed E-state index contributed by atoms with van der Waals surface area (Å²) >= 11 is 1.74. The van der Waals surface area contributed by atoms with E-state index in [0.29, 0.717) is 5.56 Å². The summed E-state index contributed by atoms with van der Waals surface area (Å²) in [5.74, 6) is 1.52. The summed E-state index contributed by atoms with van der Waals surface area (Å²) in [7, 11) is 0. The van der Waals surface area contributed by atoms with E-state index in [1.54, 1.807) is 11.8 Å². The Morgan fingerprint density at radius 1 is 1.18 bits per heavy atom. The molecule has 3 heterocycles. The van der Waals surface area contributed by atoms with Gasteiger partial charge in [0.2, 0.25) is 0 Å². The second-order valence-electron chi connectivity index (χ2n) is 6.62. The van der Waals surface area contributed by atoms with Crippen LogP contribution in [0.4, 0.5) is 0 Å². The molecule has 0 aliphatic heterocycles. The van der Waals surface area contributed by atoms with Crippen LogP contribution in [0, 0.1) is 6.92 Å². The monoisotopic (exact) mass is 391 g/mol. The van der Waals surface area contributed by atoms with Gasteiger partial charge in [-0.25, -0.2) is 0 Å². The minimum atomic E-state index is -0.232. The molecule has 0 aliphatic rings. The van der Waals surface area contributed by atoms with E-state index in [1.807, 2.05) is 66.1 Å². The van der Waals surface area contributed by atoms with Gasteiger partial charge in [-0.1, -0.05) is 24.3 Å². The molecular formula is C21H21N5OS. The molecule has 1 N–H and O–H groups in total. The second kappa shape index (κ2) is 7.98. The van der Waals surface area contributed by atoms with Crippen LogP contribution < -0.4 is 5.32 Å². The lowest BCUT2D eigenvalue weighted by Gasteiger charge is -2.18. The Kier molecular flexibility index (Phi) is 5.25. The molecule has 3 aromatic heterocycles. The van der Waals surface area contributed by atoms with Gasteiger partial charge < -0.3 is 5.32 Å². The van der Waals surface area contributed by atoms with Crippen LogP contribution in [0.3, 0.4) is 0 Å². The second-order valence-corrected chi connectivity index (χ2v) is 7.61. The first-order valence-electron chi connectivity index (χ1n) is 9.13. The summed E-state index contributed by atoms with van der Waals surface area (Å²) in [6.07, 6.45) is 4.75. The van der Waals surface area contributed by atoms with Crippen molar-refractivity contribution in [3.8, 4) is 0 Å². The molecule has 0 aliphatic carbocycles. The zero-order valence-electron chi connectivity index (χ0n) is 15.8. The molecule has 0 unspecified atom stereocenters.